The molecule has 4 rings (SSSR count). The number of anilines is 1. The molecule has 0 radical (unpaired) electrons. The zero-order valence-corrected chi connectivity index (χ0v) is 21.6. The Balaban J connectivity index is 2.00. The smallest absolute Gasteiger partial charge is 0.301 e. The SMILES string of the molecule is COc1ccc(C(O)=C2C(=O)C(=O)N(c3nc(C)c(C)s3)[C@H]2c2cc(OC)c(OC)c(OC)c2)cc1. The van der Waals surface area contributed by atoms with Crippen LogP contribution >= 0.6 is 11.3 Å². The first-order valence-corrected chi connectivity index (χ1v) is 11.8. The predicted octanol–water partition coefficient (Wildman–Crippen LogP) is 4.42. The van der Waals surface area contributed by atoms with Crippen LogP contribution in [0.2, 0.25) is 0 Å². The second kappa shape index (κ2) is 9.90. The zero-order chi connectivity index (χ0) is 26.1. The summed E-state index contributed by atoms with van der Waals surface area (Å²) in [5.74, 6) is -0.312. The molecule has 1 aromatic heterocycles. The van der Waals surface area contributed by atoms with Gasteiger partial charge in [0.05, 0.1) is 45.7 Å². The van der Waals surface area contributed by atoms with Gasteiger partial charge in [-0.1, -0.05) is 0 Å². The van der Waals surface area contributed by atoms with Gasteiger partial charge in [0.1, 0.15) is 11.5 Å². The van der Waals surface area contributed by atoms with Crippen LogP contribution in [0.1, 0.15) is 27.7 Å². The molecule has 0 aliphatic carbocycles. The second-order valence-electron chi connectivity index (χ2n) is 7.99. The molecule has 0 spiro atoms. The maximum Gasteiger partial charge on any atom is 0.301 e. The minimum absolute atomic E-state index is 0.0788. The molecule has 188 valence electrons. The minimum atomic E-state index is -0.995. The number of carbonyl (C=O) groups excluding carboxylic acids is 2. The fraction of sp³-hybridized carbons (Fsp3) is 0.269. The molecule has 1 saturated heterocycles. The highest BCUT2D eigenvalue weighted by atomic mass is 32.1. The highest BCUT2D eigenvalue weighted by molar-refractivity contribution is 7.16. The van der Waals surface area contributed by atoms with Crippen LogP contribution in [0, 0.1) is 13.8 Å². The van der Waals surface area contributed by atoms with Crippen LogP contribution in [0.5, 0.6) is 23.0 Å². The highest BCUT2D eigenvalue weighted by Crippen LogP contribution is 2.48. The lowest BCUT2D eigenvalue weighted by Gasteiger charge is -2.24. The van der Waals surface area contributed by atoms with Crippen molar-refractivity contribution in [3.8, 4) is 23.0 Å². The minimum Gasteiger partial charge on any atom is -0.507 e. The van der Waals surface area contributed by atoms with Gasteiger partial charge >= 0.3 is 5.91 Å². The van der Waals surface area contributed by atoms with Gasteiger partial charge in [0, 0.05) is 10.4 Å². The van der Waals surface area contributed by atoms with Crippen molar-refractivity contribution in [1.29, 1.82) is 0 Å². The number of ether oxygens (including phenoxy) is 4. The third-order valence-electron chi connectivity index (χ3n) is 6.03. The van der Waals surface area contributed by atoms with Gasteiger partial charge in [-0.3, -0.25) is 14.5 Å². The monoisotopic (exact) mass is 510 g/mol. The first kappa shape index (κ1) is 25.1. The van der Waals surface area contributed by atoms with Crippen LogP contribution in [-0.4, -0.2) is 50.2 Å². The van der Waals surface area contributed by atoms with Gasteiger partial charge in [-0.05, 0) is 55.8 Å². The molecule has 1 amide bonds. The number of benzene rings is 2. The maximum absolute atomic E-state index is 13.4. The van der Waals surface area contributed by atoms with Crippen LogP contribution in [0.3, 0.4) is 0 Å². The van der Waals surface area contributed by atoms with E-state index in [1.165, 1.54) is 44.7 Å². The van der Waals surface area contributed by atoms with E-state index in [1.807, 2.05) is 13.8 Å². The van der Waals surface area contributed by atoms with Gasteiger partial charge in [0.25, 0.3) is 5.78 Å². The first-order chi connectivity index (χ1) is 17.2. The molecular formula is C26H26N2O7S. The van der Waals surface area contributed by atoms with Crippen molar-refractivity contribution in [3.63, 3.8) is 0 Å². The molecule has 9 nitrogen and oxygen atoms in total. The van der Waals surface area contributed by atoms with Crippen molar-refractivity contribution in [2.75, 3.05) is 33.3 Å². The van der Waals surface area contributed by atoms with Gasteiger partial charge in [-0.25, -0.2) is 4.98 Å². The Hall–Kier alpha value is -4.05. The van der Waals surface area contributed by atoms with Gasteiger partial charge < -0.3 is 24.1 Å². The molecule has 2 heterocycles. The molecule has 36 heavy (non-hydrogen) atoms. The summed E-state index contributed by atoms with van der Waals surface area (Å²) in [6, 6.07) is 8.86. The lowest BCUT2D eigenvalue weighted by Crippen LogP contribution is -2.29. The number of aliphatic hydroxyl groups is 1. The van der Waals surface area contributed by atoms with Crippen molar-refractivity contribution < 1.29 is 33.6 Å². The van der Waals surface area contributed by atoms with E-state index in [0.29, 0.717) is 39.3 Å². The lowest BCUT2D eigenvalue weighted by atomic mass is 9.94. The molecule has 1 fully saturated rings. The summed E-state index contributed by atoms with van der Waals surface area (Å²) in [5, 5.41) is 11.7. The number of methoxy groups -OCH3 is 4. The number of rotatable bonds is 7. The van der Waals surface area contributed by atoms with E-state index in [1.54, 1.807) is 36.4 Å². The Morgan fingerprint density at radius 1 is 0.944 bits per heavy atom. The number of nitrogens with zero attached hydrogens (tertiary/aromatic N) is 2. The average molecular weight is 511 g/mol. The molecule has 1 atom stereocenters. The van der Waals surface area contributed by atoms with Gasteiger partial charge in [0.15, 0.2) is 16.6 Å². The summed E-state index contributed by atoms with van der Waals surface area (Å²) in [7, 11) is 5.96. The van der Waals surface area contributed by atoms with Crippen LogP contribution in [0.15, 0.2) is 42.0 Å². The van der Waals surface area contributed by atoms with Gasteiger partial charge in [-0.15, -0.1) is 11.3 Å². The summed E-state index contributed by atoms with van der Waals surface area (Å²) in [6.07, 6.45) is 0. The van der Waals surface area contributed by atoms with E-state index in [0.717, 1.165) is 10.6 Å². The highest BCUT2D eigenvalue weighted by Gasteiger charge is 2.48. The first-order valence-electron chi connectivity index (χ1n) is 10.9. The number of ketones is 1. The fourth-order valence-corrected chi connectivity index (χ4v) is 5.00. The number of amides is 1. The number of aryl methyl sites for hydroxylation is 2. The van der Waals surface area contributed by atoms with E-state index >= 15 is 0 Å². The van der Waals surface area contributed by atoms with Crippen LogP contribution < -0.4 is 23.8 Å². The Bertz CT molecular complexity index is 1320. The summed E-state index contributed by atoms with van der Waals surface area (Å²) in [6.45, 7) is 3.72. The third-order valence-corrected chi connectivity index (χ3v) is 7.11. The topological polar surface area (TPSA) is 107 Å². The number of aliphatic hydroxyl groups excluding tert-OH is 1. The Labute approximate surface area is 212 Å². The molecule has 2 aromatic carbocycles. The third kappa shape index (κ3) is 4.13. The molecule has 1 aliphatic heterocycles. The number of aromatic nitrogens is 1. The summed E-state index contributed by atoms with van der Waals surface area (Å²) in [4.78, 5) is 33.5. The van der Waals surface area contributed by atoms with E-state index < -0.39 is 17.7 Å². The lowest BCUT2D eigenvalue weighted by molar-refractivity contribution is -0.132. The molecule has 0 bridgehead atoms. The number of hydrogen-bond donors (Lipinski definition) is 1. The van der Waals surface area contributed by atoms with E-state index in [2.05, 4.69) is 4.98 Å². The quantitative estimate of drug-likeness (QED) is 0.283. The average Bonchev–Trinajstić information content (AvgIpc) is 3.36. The summed E-state index contributed by atoms with van der Waals surface area (Å²) >= 11 is 1.29. The van der Waals surface area contributed by atoms with E-state index in [9.17, 15) is 14.7 Å². The molecule has 10 heteroatoms. The van der Waals surface area contributed by atoms with Gasteiger partial charge in [-0.2, -0.15) is 0 Å². The summed E-state index contributed by atoms with van der Waals surface area (Å²) in [5.41, 5.74) is 1.50. The van der Waals surface area contributed by atoms with Crippen molar-refractivity contribution in [2.24, 2.45) is 0 Å². The maximum atomic E-state index is 13.4. The molecule has 0 unspecified atom stereocenters. The van der Waals surface area contributed by atoms with E-state index in [-0.39, 0.29) is 11.3 Å². The largest absolute Gasteiger partial charge is 0.507 e. The van der Waals surface area contributed by atoms with Crippen molar-refractivity contribution in [3.05, 3.63) is 63.7 Å². The number of carbonyl (C=O) groups is 2. The van der Waals surface area contributed by atoms with Gasteiger partial charge in [0.2, 0.25) is 5.75 Å². The molecule has 1 aliphatic rings. The zero-order valence-electron chi connectivity index (χ0n) is 20.7. The number of Topliss-reactive ketones (excluding diaryl/α,β-unsaturated/α-hetero) is 1. The Kier molecular flexibility index (Phi) is 6.89. The van der Waals surface area contributed by atoms with Crippen LogP contribution in [0.4, 0.5) is 5.13 Å². The number of hydrogen-bond acceptors (Lipinski definition) is 9. The van der Waals surface area contributed by atoms with Crippen molar-refractivity contribution >= 4 is 33.9 Å². The second-order valence-corrected chi connectivity index (χ2v) is 9.18. The normalized spacial score (nSPS) is 16.8. The van der Waals surface area contributed by atoms with E-state index in [4.69, 9.17) is 18.9 Å². The predicted molar refractivity (Wildman–Crippen MR) is 135 cm³/mol. The van der Waals surface area contributed by atoms with Crippen molar-refractivity contribution in [1.82, 2.24) is 4.98 Å². The molecule has 3 aromatic rings. The molecular weight excluding hydrogens is 484 g/mol. The fourth-order valence-electron chi connectivity index (χ4n) is 4.07. The van der Waals surface area contributed by atoms with Crippen molar-refractivity contribution in [2.45, 2.75) is 19.9 Å². The standard InChI is InChI=1S/C26H26N2O7S/c1-13-14(2)36-26(27-13)28-21(16-11-18(33-4)24(35-6)19(12-16)34-5)20(23(30)25(28)31)22(29)15-7-9-17(32-3)10-8-15/h7-12,21,29H,1-6H3/t21-/m0/s1. The Morgan fingerprint density at radius 3 is 2.03 bits per heavy atom. The molecule has 0 saturated carbocycles. The van der Waals surface area contributed by atoms with Crippen LogP contribution in [-0.2, 0) is 9.59 Å². The Morgan fingerprint density at radius 2 is 1.56 bits per heavy atom. The molecule has 1 N–H and O–H groups in total. The van der Waals surface area contributed by atoms with Crippen LogP contribution in [0.25, 0.3) is 5.76 Å². The number of thiazole rings is 1. The summed E-state index contributed by atoms with van der Waals surface area (Å²) < 4.78 is 21.6.